The van der Waals surface area contributed by atoms with E-state index in [-0.39, 0.29) is 16.1 Å². The van der Waals surface area contributed by atoms with Crippen LogP contribution in [-0.4, -0.2) is 28.1 Å². The molecule has 2 aromatic carbocycles. The second-order valence-corrected chi connectivity index (χ2v) is 6.23. The fraction of sp³-hybridized carbons (Fsp3) is 0.188. The van der Waals surface area contributed by atoms with E-state index in [9.17, 15) is 13.2 Å². The molecule has 1 N–H and O–H groups in total. The number of carbonyl (C=O) groups is 1. The van der Waals surface area contributed by atoms with Gasteiger partial charge in [-0.1, -0.05) is 12.1 Å². The van der Waals surface area contributed by atoms with Crippen LogP contribution in [0.5, 0.6) is 5.75 Å². The fourth-order valence-corrected chi connectivity index (χ4v) is 3.03. The van der Waals surface area contributed by atoms with E-state index in [1.54, 1.807) is 24.3 Å². The van der Waals surface area contributed by atoms with Gasteiger partial charge in [0.25, 0.3) is 10.0 Å². The van der Waals surface area contributed by atoms with Gasteiger partial charge in [0.05, 0.1) is 29.9 Å². The monoisotopic (exact) mass is 335 g/mol. The smallest absolute Gasteiger partial charge is 0.339 e. The standard InChI is InChI=1S/C16H17NO5S/c1-3-22-12-8-10-13(11-9-12)23(19,20)17-15-7-5-4-6-14(15)16(18)21-2/h4-11,17H,3H2,1-2H3. The second kappa shape index (κ2) is 7.15. The molecule has 2 rings (SSSR count). The van der Waals surface area contributed by atoms with Crippen LogP contribution in [0.2, 0.25) is 0 Å². The molecule has 6 nitrogen and oxygen atoms in total. The number of hydrogen-bond acceptors (Lipinski definition) is 5. The van der Waals surface area contributed by atoms with E-state index < -0.39 is 16.0 Å². The molecule has 7 heteroatoms. The Morgan fingerprint density at radius 2 is 1.74 bits per heavy atom. The lowest BCUT2D eigenvalue weighted by molar-refractivity contribution is 0.0602. The van der Waals surface area contributed by atoms with Crippen LogP contribution in [-0.2, 0) is 14.8 Å². The molecule has 0 bridgehead atoms. The van der Waals surface area contributed by atoms with Crippen molar-refractivity contribution in [2.75, 3.05) is 18.4 Å². The zero-order valence-electron chi connectivity index (χ0n) is 12.8. The van der Waals surface area contributed by atoms with Crippen molar-refractivity contribution in [1.82, 2.24) is 0 Å². The molecule has 0 fully saturated rings. The number of methoxy groups -OCH3 is 1. The molecule has 0 unspecified atom stereocenters. The van der Waals surface area contributed by atoms with Gasteiger partial charge in [0.15, 0.2) is 0 Å². The summed E-state index contributed by atoms with van der Waals surface area (Å²) in [7, 11) is -2.59. The highest BCUT2D eigenvalue weighted by Crippen LogP contribution is 2.22. The van der Waals surface area contributed by atoms with Crippen molar-refractivity contribution < 1.29 is 22.7 Å². The molecular weight excluding hydrogens is 318 g/mol. The Labute approximate surface area is 135 Å². The summed E-state index contributed by atoms with van der Waals surface area (Å²) in [4.78, 5) is 11.8. The summed E-state index contributed by atoms with van der Waals surface area (Å²) in [6, 6.07) is 12.3. The summed E-state index contributed by atoms with van der Waals surface area (Å²) in [5, 5.41) is 0. The van der Waals surface area contributed by atoms with Crippen LogP contribution in [0.4, 0.5) is 5.69 Å². The average Bonchev–Trinajstić information content (AvgIpc) is 2.55. The summed E-state index contributed by atoms with van der Waals surface area (Å²) in [5.41, 5.74) is 0.303. The second-order valence-electron chi connectivity index (χ2n) is 4.55. The SMILES string of the molecule is CCOc1ccc(S(=O)(=O)Nc2ccccc2C(=O)OC)cc1. The maximum Gasteiger partial charge on any atom is 0.339 e. The predicted octanol–water partition coefficient (Wildman–Crippen LogP) is 2.67. The van der Waals surface area contributed by atoms with Crippen LogP contribution in [0, 0.1) is 0 Å². The first kappa shape index (κ1) is 16.8. The lowest BCUT2D eigenvalue weighted by Gasteiger charge is -2.12. The van der Waals surface area contributed by atoms with Gasteiger partial charge in [-0.25, -0.2) is 13.2 Å². The summed E-state index contributed by atoms with van der Waals surface area (Å²) in [6.45, 7) is 2.34. The van der Waals surface area contributed by atoms with Crippen LogP contribution >= 0.6 is 0 Å². The minimum absolute atomic E-state index is 0.0700. The maximum absolute atomic E-state index is 12.4. The van der Waals surface area contributed by atoms with Crippen LogP contribution in [0.15, 0.2) is 53.4 Å². The molecule has 0 atom stereocenters. The first-order valence-electron chi connectivity index (χ1n) is 6.91. The third-order valence-electron chi connectivity index (χ3n) is 3.02. The molecule has 0 saturated carbocycles. The number of anilines is 1. The average molecular weight is 335 g/mol. The van der Waals surface area contributed by atoms with Gasteiger partial charge in [0.2, 0.25) is 0 Å². The molecule has 0 spiro atoms. The number of nitrogens with one attached hydrogen (secondary N) is 1. The molecule has 122 valence electrons. The minimum Gasteiger partial charge on any atom is -0.494 e. The van der Waals surface area contributed by atoms with E-state index in [0.717, 1.165) is 0 Å². The lowest BCUT2D eigenvalue weighted by atomic mass is 10.2. The minimum atomic E-state index is -3.82. The van der Waals surface area contributed by atoms with Gasteiger partial charge in [-0.2, -0.15) is 0 Å². The zero-order valence-corrected chi connectivity index (χ0v) is 13.6. The van der Waals surface area contributed by atoms with Gasteiger partial charge in [0.1, 0.15) is 5.75 Å². The van der Waals surface area contributed by atoms with Crippen molar-refractivity contribution in [3.05, 3.63) is 54.1 Å². The van der Waals surface area contributed by atoms with Crippen molar-refractivity contribution in [1.29, 1.82) is 0 Å². The normalized spacial score (nSPS) is 10.9. The Morgan fingerprint density at radius 1 is 1.09 bits per heavy atom. The summed E-state index contributed by atoms with van der Waals surface area (Å²) in [6.07, 6.45) is 0. The van der Waals surface area contributed by atoms with Gasteiger partial charge >= 0.3 is 5.97 Å². The van der Waals surface area contributed by atoms with Crippen LogP contribution in [0.1, 0.15) is 17.3 Å². The molecule has 0 aliphatic rings. The van der Waals surface area contributed by atoms with Crippen molar-refractivity contribution >= 4 is 21.7 Å². The number of para-hydroxylation sites is 1. The van der Waals surface area contributed by atoms with Crippen LogP contribution in [0.25, 0.3) is 0 Å². The quantitative estimate of drug-likeness (QED) is 0.821. The number of esters is 1. The number of benzene rings is 2. The number of carbonyl (C=O) groups excluding carboxylic acids is 1. The van der Waals surface area contributed by atoms with E-state index in [2.05, 4.69) is 9.46 Å². The Morgan fingerprint density at radius 3 is 2.35 bits per heavy atom. The van der Waals surface area contributed by atoms with Crippen molar-refractivity contribution in [2.45, 2.75) is 11.8 Å². The summed E-state index contributed by atoms with van der Waals surface area (Å²) in [5.74, 6) is -0.0311. The number of ether oxygens (including phenoxy) is 2. The number of hydrogen-bond donors (Lipinski definition) is 1. The highest BCUT2D eigenvalue weighted by atomic mass is 32.2. The predicted molar refractivity (Wildman–Crippen MR) is 86.2 cm³/mol. The molecule has 0 saturated heterocycles. The number of rotatable bonds is 6. The topological polar surface area (TPSA) is 81.7 Å². The maximum atomic E-state index is 12.4. The van der Waals surface area contributed by atoms with E-state index in [1.165, 1.54) is 31.4 Å². The van der Waals surface area contributed by atoms with Crippen LogP contribution < -0.4 is 9.46 Å². The molecule has 0 heterocycles. The molecule has 0 radical (unpaired) electrons. The van der Waals surface area contributed by atoms with Gasteiger partial charge in [-0.05, 0) is 43.3 Å². The summed E-state index contributed by atoms with van der Waals surface area (Å²) < 4.78 is 37.2. The Bertz CT molecular complexity index is 784. The first-order chi connectivity index (χ1) is 11.0. The third kappa shape index (κ3) is 4.01. The molecular formula is C16H17NO5S. The fourth-order valence-electron chi connectivity index (χ4n) is 1.95. The van der Waals surface area contributed by atoms with E-state index in [0.29, 0.717) is 12.4 Å². The van der Waals surface area contributed by atoms with Gasteiger partial charge in [0, 0.05) is 0 Å². The molecule has 0 aliphatic heterocycles. The Hall–Kier alpha value is -2.54. The summed E-state index contributed by atoms with van der Waals surface area (Å²) >= 11 is 0. The molecule has 2 aromatic rings. The third-order valence-corrected chi connectivity index (χ3v) is 4.40. The van der Waals surface area contributed by atoms with Crippen molar-refractivity contribution in [3.8, 4) is 5.75 Å². The highest BCUT2D eigenvalue weighted by Gasteiger charge is 2.18. The van der Waals surface area contributed by atoms with Crippen LogP contribution in [0.3, 0.4) is 0 Å². The molecule has 0 amide bonds. The van der Waals surface area contributed by atoms with E-state index in [4.69, 9.17) is 4.74 Å². The lowest BCUT2D eigenvalue weighted by Crippen LogP contribution is -2.16. The molecule has 23 heavy (non-hydrogen) atoms. The van der Waals surface area contributed by atoms with Gasteiger partial charge in [-0.3, -0.25) is 4.72 Å². The van der Waals surface area contributed by atoms with Crippen molar-refractivity contribution in [3.63, 3.8) is 0 Å². The number of sulfonamides is 1. The van der Waals surface area contributed by atoms with Gasteiger partial charge in [-0.15, -0.1) is 0 Å². The largest absolute Gasteiger partial charge is 0.494 e. The highest BCUT2D eigenvalue weighted by molar-refractivity contribution is 7.92. The van der Waals surface area contributed by atoms with Gasteiger partial charge < -0.3 is 9.47 Å². The van der Waals surface area contributed by atoms with E-state index in [1.807, 2.05) is 6.92 Å². The molecule has 0 aromatic heterocycles. The Kier molecular flexibility index (Phi) is 5.23. The Balaban J connectivity index is 2.30. The van der Waals surface area contributed by atoms with Crippen molar-refractivity contribution in [2.24, 2.45) is 0 Å². The van der Waals surface area contributed by atoms with E-state index >= 15 is 0 Å². The first-order valence-corrected chi connectivity index (χ1v) is 8.39. The molecule has 0 aliphatic carbocycles. The zero-order chi connectivity index (χ0) is 16.9.